The second kappa shape index (κ2) is 7.68. The number of carbonyl (C=O) groups is 2. The molecule has 0 aliphatic heterocycles. The van der Waals surface area contributed by atoms with Crippen molar-refractivity contribution in [1.29, 1.82) is 0 Å². The van der Waals surface area contributed by atoms with Gasteiger partial charge in [0.05, 0.1) is 12.7 Å². The van der Waals surface area contributed by atoms with Crippen molar-refractivity contribution >= 4 is 11.9 Å². The zero-order valence-corrected chi connectivity index (χ0v) is 15.0. The lowest BCUT2D eigenvalue weighted by Gasteiger charge is -2.24. The van der Waals surface area contributed by atoms with Crippen LogP contribution < -0.4 is 0 Å². The molecule has 26 heavy (non-hydrogen) atoms. The van der Waals surface area contributed by atoms with Crippen molar-refractivity contribution in [3.8, 4) is 11.1 Å². The summed E-state index contributed by atoms with van der Waals surface area (Å²) in [6, 6.07) is 11.4. The highest BCUT2D eigenvalue weighted by Gasteiger charge is 2.24. The van der Waals surface area contributed by atoms with Gasteiger partial charge in [-0.1, -0.05) is 31.0 Å². The number of hydrogen-bond acceptors (Lipinski definition) is 3. The van der Waals surface area contributed by atoms with Gasteiger partial charge in [0.1, 0.15) is 5.82 Å². The van der Waals surface area contributed by atoms with Crippen molar-refractivity contribution in [2.45, 2.75) is 31.7 Å². The molecule has 0 unspecified atom stereocenters. The normalized spacial score (nSPS) is 14.3. The van der Waals surface area contributed by atoms with Crippen LogP contribution in [-0.4, -0.2) is 37.0 Å². The summed E-state index contributed by atoms with van der Waals surface area (Å²) in [5.74, 6) is -1.09. The Morgan fingerprint density at radius 1 is 1.04 bits per heavy atom. The highest BCUT2D eigenvalue weighted by Crippen LogP contribution is 2.26. The van der Waals surface area contributed by atoms with E-state index < -0.39 is 11.8 Å². The summed E-state index contributed by atoms with van der Waals surface area (Å²) in [5, 5.41) is 0. The molecule has 0 spiro atoms. The standard InChI is InChI=1S/C21H22FNO3/c1-23(17-5-3-4-6-17)20(24)15-9-7-14(8-10-15)18-12-11-16(13-19(18)22)21(25)26-2/h7-13,17H,3-6H2,1-2H3. The second-order valence-electron chi connectivity index (χ2n) is 6.62. The van der Waals surface area contributed by atoms with E-state index in [0.29, 0.717) is 22.7 Å². The van der Waals surface area contributed by atoms with Gasteiger partial charge in [-0.3, -0.25) is 4.79 Å². The van der Waals surface area contributed by atoms with Crippen molar-refractivity contribution in [3.63, 3.8) is 0 Å². The lowest BCUT2D eigenvalue weighted by molar-refractivity contribution is 0.0599. The van der Waals surface area contributed by atoms with Crippen molar-refractivity contribution in [2.24, 2.45) is 0 Å². The molecule has 0 heterocycles. The molecule has 1 saturated carbocycles. The summed E-state index contributed by atoms with van der Waals surface area (Å²) in [6.45, 7) is 0. The number of benzene rings is 2. The van der Waals surface area contributed by atoms with Gasteiger partial charge in [-0.2, -0.15) is 0 Å². The van der Waals surface area contributed by atoms with Crippen LogP contribution in [0.1, 0.15) is 46.4 Å². The predicted octanol–water partition coefficient (Wildman–Crippen LogP) is 4.29. The zero-order valence-electron chi connectivity index (χ0n) is 15.0. The topological polar surface area (TPSA) is 46.6 Å². The molecular weight excluding hydrogens is 333 g/mol. The van der Waals surface area contributed by atoms with Crippen LogP contribution in [0.4, 0.5) is 4.39 Å². The molecule has 1 aliphatic carbocycles. The Morgan fingerprint density at radius 2 is 1.65 bits per heavy atom. The Labute approximate surface area is 152 Å². The number of esters is 1. The first-order valence-corrected chi connectivity index (χ1v) is 8.76. The Morgan fingerprint density at radius 3 is 2.23 bits per heavy atom. The first-order chi connectivity index (χ1) is 12.5. The molecule has 2 aromatic rings. The average molecular weight is 355 g/mol. The minimum absolute atomic E-state index is 0.00930. The fourth-order valence-electron chi connectivity index (χ4n) is 3.45. The highest BCUT2D eigenvalue weighted by molar-refractivity contribution is 5.95. The molecule has 5 heteroatoms. The van der Waals surface area contributed by atoms with E-state index in [2.05, 4.69) is 4.74 Å². The monoisotopic (exact) mass is 355 g/mol. The van der Waals surface area contributed by atoms with E-state index in [9.17, 15) is 14.0 Å². The van der Waals surface area contributed by atoms with E-state index in [1.165, 1.54) is 26.0 Å². The van der Waals surface area contributed by atoms with E-state index >= 15 is 0 Å². The van der Waals surface area contributed by atoms with Crippen molar-refractivity contribution in [2.75, 3.05) is 14.2 Å². The number of methoxy groups -OCH3 is 1. The highest BCUT2D eigenvalue weighted by atomic mass is 19.1. The fraction of sp³-hybridized carbons (Fsp3) is 0.333. The van der Waals surface area contributed by atoms with Crippen LogP contribution in [0.5, 0.6) is 0 Å². The summed E-state index contributed by atoms with van der Waals surface area (Å²) in [4.78, 5) is 25.9. The summed E-state index contributed by atoms with van der Waals surface area (Å²) in [5.41, 5.74) is 1.79. The summed E-state index contributed by atoms with van der Waals surface area (Å²) in [6.07, 6.45) is 4.44. The molecular formula is C21H22FNO3. The maximum Gasteiger partial charge on any atom is 0.337 e. The Kier molecular flexibility index (Phi) is 5.35. The first kappa shape index (κ1) is 18.1. The lowest BCUT2D eigenvalue weighted by Crippen LogP contribution is -2.35. The van der Waals surface area contributed by atoms with Gasteiger partial charge in [-0.15, -0.1) is 0 Å². The zero-order chi connectivity index (χ0) is 18.7. The van der Waals surface area contributed by atoms with E-state index in [0.717, 1.165) is 18.9 Å². The molecule has 136 valence electrons. The number of halogens is 1. The van der Waals surface area contributed by atoms with Gasteiger partial charge >= 0.3 is 5.97 Å². The maximum absolute atomic E-state index is 14.3. The molecule has 1 amide bonds. The van der Waals surface area contributed by atoms with Crippen LogP contribution in [0.25, 0.3) is 11.1 Å². The van der Waals surface area contributed by atoms with Gasteiger partial charge in [-0.05, 0) is 42.7 Å². The van der Waals surface area contributed by atoms with Crippen molar-refractivity contribution < 1.29 is 18.7 Å². The summed E-state index contributed by atoms with van der Waals surface area (Å²) < 4.78 is 18.9. The van der Waals surface area contributed by atoms with E-state index in [4.69, 9.17) is 0 Å². The van der Waals surface area contributed by atoms with Crippen LogP contribution in [0.15, 0.2) is 42.5 Å². The number of ether oxygens (including phenoxy) is 1. The quantitative estimate of drug-likeness (QED) is 0.769. The first-order valence-electron chi connectivity index (χ1n) is 8.76. The van der Waals surface area contributed by atoms with E-state index in [1.54, 1.807) is 30.3 Å². The molecule has 2 aromatic carbocycles. The molecule has 1 fully saturated rings. The van der Waals surface area contributed by atoms with Gasteiger partial charge in [-0.25, -0.2) is 9.18 Å². The van der Waals surface area contributed by atoms with Gasteiger partial charge in [0.15, 0.2) is 0 Å². The summed E-state index contributed by atoms with van der Waals surface area (Å²) in [7, 11) is 3.10. The Bertz CT molecular complexity index is 811. The van der Waals surface area contributed by atoms with Crippen LogP contribution in [-0.2, 0) is 4.74 Å². The number of rotatable bonds is 4. The van der Waals surface area contributed by atoms with Gasteiger partial charge < -0.3 is 9.64 Å². The van der Waals surface area contributed by atoms with E-state index in [-0.39, 0.29) is 11.5 Å². The molecule has 0 bridgehead atoms. The van der Waals surface area contributed by atoms with Crippen LogP contribution >= 0.6 is 0 Å². The molecule has 0 radical (unpaired) electrons. The summed E-state index contributed by atoms with van der Waals surface area (Å²) >= 11 is 0. The average Bonchev–Trinajstić information content (AvgIpc) is 3.21. The number of amides is 1. The smallest absolute Gasteiger partial charge is 0.337 e. The Hall–Kier alpha value is -2.69. The predicted molar refractivity (Wildman–Crippen MR) is 97.5 cm³/mol. The van der Waals surface area contributed by atoms with Gasteiger partial charge in [0.2, 0.25) is 0 Å². The second-order valence-corrected chi connectivity index (χ2v) is 6.62. The minimum atomic E-state index is -0.577. The minimum Gasteiger partial charge on any atom is -0.465 e. The molecule has 0 saturated heterocycles. The van der Waals surface area contributed by atoms with Crippen LogP contribution in [0.2, 0.25) is 0 Å². The van der Waals surface area contributed by atoms with Gasteiger partial charge in [0, 0.05) is 24.2 Å². The number of hydrogen-bond donors (Lipinski definition) is 0. The van der Waals surface area contributed by atoms with Gasteiger partial charge in [0.25, 0.3) is 5.91 Å². The largest absolute Gasteiger partial charge is 0.465 e. The van der Waals surface area contributed by atoms with Crippen LogP contribution in [0.3, 0.4) is 0 Å². The number of nitrogens with zero attached hydrogens (tertiary/aromatic N) is 1. The third-order valence-corrected chi connectivity index (χ3v) is 5.03. The molecule has 0 N–H and O–H groups in total. The molecule has 0 atom stereocenters. The van der Waals surface area contributed by atoms with Crippen molar-refractivity contribution in [3.05, 3.63) is 59.4 Å². The third-order valence-electron chi connectivity index (χ3n) is 5.03. The maximum atomic E-state index is 14.3. The number of carbonyl (C=O) groups excluding carboxylic acids is 2. The molecule has 3 rings (SSSR count). The molecule has 1 aliphatic rings. The third kappa shape index (κ3) is 3.62. The molecule has 4 nitrogen and oxygen atoms in total. The van der Waals surface area contributed by atoms with Crippen molar-refractivity contribution in [1.82, 2.24) is 4.90 Å². The van der Waals surface area contributed by atoms with E-state index in [1.807, 2.05) is 11.9 Å². The van der Waals surface area contributed by atoms with Crippen LogP contribution in [0, 0.1) is 5.82 Å². The fourth-order valence-corrected chi connectivity index (χ4v) is 3.45. The molecule has 0 aromatic heterocycles. The Balaban J connectivity index is 1.79. The lowest BCUT2D eigenvalue weighted by atomic mass is 10.0. The SMILES string of the molecule is COC(=O)c1ccc(-c2ccc(C(=O)N(C)C3CCCC3)cc2)c(F)c1.